The van der Waals surface area contributed by atoms with Gasteiger partial charge in [-0.2, -0.15) is 10.2 Å². The molecule has 12 heteroatoms. The molecule has 0 heterocycles. The van der Waals surface area contributed by atoms with E-state index in [0.717, 1.165) is 0 Å². The Morgan fingerprint density at radius 3 is 1.36 bits per heavy atom. The van der Waals surface area contributed by atoms with Gasteiger partial charge >= 0.3 is 0 Å². The van der Waals surface area contributed by atoms with E-state index in [-0.39, 0.29) is 42.5 Å². The van der Waals surface area contributed by atoms with E-state index >= 15 is 0 Å². The zero-order valence-electron chi connectivity index (χ0n) is 18.0. The third-order valence-corrected chi connectivity index (χ3v) is 4.50. The third-order valence-electron chi connectivity index (χ3n) is 4.50. The van der Waals surface area contributed by atoms with Gasteiger partial charge in [0.1, 0.15) is 0 Å². The molecule has 33 heavy (non-hydrogen) atoms. The Kier molecular flexibility index (Phi) is 8.85. The maximum atomic E-state index is 11.9. The lowest BCUT2D eigenvalue weighted by molar-refractivity contribution is -0.385. The van der Waals surface area contributed by atoms with E-state index in [1.807, 2.05) is 0 Å². The zero-order chi connectivity index (χ0) is 24.4. The van der Waals surface area contributed by atoms with Gasteiger partial charge in [0.15, 0.2) is 0 Å². The maximum Gasteiger partial charge on any atom is 0.269 e. The molecule has 0 atom stereocenters. The summed E-state index contributed by atoms with van der Waals surface area (Å²) < 4.78 is 0. The van der Waals surface area contributed by atoms with Crippen molar-refractivity contribution >= 4 is 34.6 Å². The first-order chi connectivity index (χ1) is 15.7. The Hall–Kier alpha value is -4.48. The minimum atomic E-state index is -0.503. The minimum Gasteiger partial charge on any atom is -0.273 e. The molecule has 0 aliphatic rings. The van der Waals surface area contributed by atoms with Crippen LogP contribution in [-0.2, 0) is 9.59 Å². The van der Waals surface area contributed by atoms with Crippen LogP contribution in [0.15, 0.2) is 58.7 Å². The van der Waals surface area contributed by atoms with Crippen LogP contribution in [0.1, 0.15) is 44.2 Å². The summed E-state index contributed by atoms with van der Waals surface area (Å²) in [6.07, 6.45) is 0.404. The van der Waals surface area contributed by atoms with Crippen LogP contribution in [-0.4, -0.2) is 33.1 Å². The standard InChI is InChI=1S/C21H22N6O6/c1-14(16-6-10-18(11-7-16)26(30)31)22-24-20(28)4-3-5-21(29)25-23-15(2)17-8-12-19(13-9-17)27(32)33/h6-13H,3-5H2,1-2H3,(H,24,28)(H,25,29)/b22-14-,23-15+. The Labute approximate surface area is 188 Å². The van der Waals surface area contributed by atoms with E-state index < -0.39 is 9.85 Å². The highest BCUT2D eigenvalue weighted by atomic mass is 16.6. The first-order valence-corrected chi connectivity index (χ1v) is 9.83. The van der Waals surface area contributed by atoms with E-state index in [0.29, 0.717) is 22.6 Å². The van der Waals surface area contributed by atoms with Gasteiger partial charge < -0.3 is 0 Å². The molecule has 0 unspecified atom stereocenters. The molecule has 0 aromatic heterocycles. The fraction of sp³-hybridized carbons (Fsp3) is 0.238. The highest BCUT2D eigenvalue weighted by molar-refractivity contribution is 6.00. The van der Waals surface area contributed by atoms with E-state index in [4.69, 9.17) is 0 Å². The van der Waals surface area contributed by atoms with Crippen LogP contribution in [0.2, 0.25) is 0 Å². The number of nitrogens with zero attached hydrogens (tertiary/aromatic N) is 4. The van der Waals surface area contributed by atoms with Crippen molar-refractivity contribution in [3.63, 3.8) is 0 Å². The number of nitro groups is 2. The molecule has 0 aliphatic heterocycles. The highest BCUT2D eigenvalue weighted by Gasteiger charge is 2.08. The van der Waals surface area contributed by atoms with Gasteiger partial charge in [-0.3, -0.25) is 29.8 Å². The third kappa shape index (κ3) is 7.94. The van der Waals surface area contributed by atoms with Crippen molar-refractivity contribution in [3.05, 3.63) is 79.9 Å². The van der Waals surface area contributed by atoms with Crippen molar-refractivity contribution in [2.24, 2.45) is 10.2 Å². The average Bonchev–Trinajstić information content (AvgIpc) is 2.81. The summed E-state index contributed by atoms with van der Waals surface area (Å²) in [5, 5.41) is 29.3. The monoisotopic (exact) mass is 454 g/mol. The van der Waals surface area contributed by atoms with Crippen LogP contribution in [0.3, 0.4) is 0 Å². The molecular formula is C21H22N6O6. The number of nitro benzene ring substituents is 2. The molecule has 0 aliphatic carbocycles. The maximum absolute atomic E-state index is 11.9. The SMILES string of the molecule is C/C(=N/NC(=O)CCCC(=O)N/N=C(\C)c1ccc([N+](=O)[O-])cc1)c1ccc([N+](=O)[O-])cc1. The molecule has 0 radical (unpaired) electrons. The number of rotatable bonds is 10. The molecular weight excluding hydrogens is 432 g/mol. The molecule has 0 fully saturated rings. The molecule has 0 spiro atoms. The second-order valence-corrected chi connectivity index (χ2v) is 6.93. The summed E-state index contributed by atoms with van der Waals surface area (Å²) in [5.74, 6) is -0.760. The first-order valence-electron chi connectivity index (χ1n) is 9.83. The lowest BCUT2D eigenvalue weighted by Gasteiger charge is -2.04. The molecule has 2 aromatic rings. The Balaban J connectivity index is 1.75. The second kappa shape index (κ2) is 11.8. The van der Waals surface area contributed by atoms with Gasteiger partial charge in [0.05, 0.1) is 21.3 Å². The molecule has 12 nitrogen and oxygen atoms in total. The summed E-state index contributed by atoms with van der Waals surface area (Å²) >= 11 is 0. The summed E-state index contributed by atoms with van der Waals surface area (Å²) in [4.78, 5) is 44.2. The van der Waals surface area contributed by atoms with Gasteiger partial charge in [-0.1, -0.05) is 0 Å². The lowest BCUT2D eigenvalue weighted by atomic mass is 10.1. The van der Waals surface area contributed by atoms with E-state index in [1.54, 1.807) is 13.8 Å². The van der Waals surface area contributed by atoms with Gasteiger partial charge in [0, 0.05) is 37.1 Å². The highest BCUT2D eigenvalue weighted by Crippen LogP contribution is 2.13. The predicted molar refractivity (Wildman–Crippen MR) is 121 cm³/mol. The zero-order valence-corrected chi connectivity index (χ0v) is 18.0. The van der Waals surface area contributed by atoms with Crippen LogP contribution < -0.4 is 10.9 Å². The van der Waals surface area contributed by atoms with Crippen molar-refractivity contribution in [1.82, 2.24) is 10.9 Å². The van der Waals surface area contributed by atoms with Crippen molar-refractivity contribution < 1.29 is 19.4 Å². The largest absolute Gasteiger partial charge is 0.273 e. The number of amides is 2. The topological polar surface area (TPSA) is 169 Å². The van der Waals surface area contributed by atoms with Crippen LogP contribution in [0.25, 0.3) is 0 Å². The number of non-ortho nitro benzene ring substituents is 2. The van der Waals surface area contributed by atoms with Crippen LogP contribution in [0.4, 0.5) is 11.4 Å². The van der Waals surface area contributed by atoms with E-state index in [1.165, 1.54) is 48.5 Å². The molecule has 2 amide bonds. The molecule has 172 valence electrons. The fourth-order valence-electron chi connectivity index (χ4n) is 2.59. The summed E-state index contributed by atoms with van der Waals surface area (Å²) in [5.41, 5.74) is 6.90. The molecule has 2 aromatic carbocycles. The van der Waals surface area contributed by atoms with Crippen molar-refractivity contribution in [2.75, 3.05) is 0 Å². The Morgan fingerprint density at radius 1 is 0.727 bits per heavy atom. The second-order valence-electron chi connectivity index (χ2n) is 6.93. The van der Waals surface area contributed by atoms with E-state index in [2.05, 4.69) is 21.1 Å². The number of benzene rings is 2. The van der Waals surface area contributed by atoms with Crippen LogP contribution in [0, 0.1) is 20.2 Å². The number of carbonyl (C=O) groups excluding carboxylic acids is 2. The first kappa shape index (κ1) is 24.8. The van der Waals surface area contributed by atoms with Crippen molar-refractivity contribution in [2.45, 2.75) is 33.1 Å². The van der Waals surface area contributed by atoms with Gasteiger partial charge in [0.2, 0.25) is 11.8 Å². The molecule has 0 saturated carbocycles. The molecule has 0 saturated heterocycles. The quantitative estimate of drug-likeness (QED) is 0.317. The number of nitrogens with one attached hydrogen (secondary N) is 2. The van der Waals surface area contributed by atoms with Crippen LogP contribution in [0.5, 0.6) is 0 Å². The number of hydrazone groups is 2. The van der Waals surface area contributed by atoms with Crippen molar-refractivity contribution in [1.29, 1.82) is 0 Å². The van der Waals surface area contributed by atoms with Crippen LogP contribution >= 0.6 is 0 Å². The van der Waals surface area contributed by atoms with E-state index in [9.17, 15) is 29.8 Å². The molecule has 2 rings (SSSR count). The number of hydrogen-bond donors (Lipinski definition) is 2. The van der Waals surface area contributed by atoms with Gasteiger partial charge in [0.25, 0.3) is 11.4 Å². The number of hydrogen-bond acceptors (Lipinski definition) is 8. The van der Waals surface area contributed by atoms with Gasteiger partial charge in [-0.25, -0.2) is 10.9 Å². The van der Waals surface area contributed by atoms with Gasteiger partial charge in [-0.15, -0.1) is 0 Å². The van der Waals surface area contributed by atoms with Gasteiger partial charge in [-0.05, 0) is 55.7 Å². The fourth-order valence-corrected chi connectivity index (χ4v) is 2.59. The Bertz CT molecular complexity index is 1010. The molecule has 2 N–H and O–H groups in total. The average molecular weight is 454 g/mol. The Morgan fingerprint density at radius 2 is 1.06 bits per heavy atom. The smallest absolute Gasteiger partial charge is 0.269 e. The lowest BCUT2D eigenvalue weighted by Crippen LogP contribution is -2.21. The predicted octanol–water partition coefficient (Wildman–Crippen LogP) is 3.05. The summed E-state index contributed by atoms with van der Waals surface area (Å²) in [6.45, 7) is 3.31. The normalized spacial score (nSPS) is 11.6. The number of carbonyl (C=O) groups is 2. The summed E-state index contributed by atoms with van der Waals surface area (Å²) in [7, 11) is 0. The molecule has 0 bridgehead atoms. The van der Waals surface area contributed by atoms with Crippen molar-refractivity contribution in [3.8, 4) is 0 Å². The minimum absolute atomic E-state index is 0.0406. The summed E-state index contributed by atoms with van der Waals surface area (Å²) in [6, 6.07) is 11.5.